The van der Waals surface area contributed by atoms with Gasteiger partial charge >= 0.3 is 0 Å². The van der Waals surface area contributed by atoms with Crippen molar-refractivity contribution in [2.75, 3.05) is 18.4 Å². The van der Waals surface area contributed by atoms with Gasteiger partial charge in [0.25, 0.3) is 0 Å². The van der Waals surface area contributed by atoms with Gasteiger partial charge in [0.1, 0.15) is 0 Å². The number of anilines is 1. The van der Waals surface area contributed by atoms with Gasteiger partial charge in [-0.2, -0.15) is 0 Å². The van der Waals surface area contributed by atoms with E-state index >= 15 is 0 Å². The van der Waals surface area contributed by atoms with Crippen molar-refractivity contribution in [1.29, 1.82) is 0 Å². The lowest BCUT2D eigenvalue weighted by atomic mass is 9.85. The van der Waals surface area contributed by atoms with Crippen LogP contribution in [0.2, 0.25) is 0 Å². The van der Waals surface area contributed by atoms with E-state index in [4.69, 9.17) is 0 Å². The second-order valence-corrected chi connectivity index (χ2v) is 6.15. The maximum Gasteiger partial charge on any atom is 0.224 e. The lowest BCUT2D eigenvalue weighted by Crippen LogP contribution is -2.34. The van der Waals surface area contributed by atoms with Crippen LogP contribution in [0.3, 0.4) is 0 Å². The molecule has 21 heavy (non-hydrogen) atoms. The first-order valence-electron chi connectivity index (χ1n) is 7.64. The van der Waals surface area contributed by atoms with Crippen molar-refractivity contribution >= 4 is 24.0 Å². The van der Waals surface area contributed by atoms with Crippen molar-refractivity contribution in [2.45, 2.75) is 40.0 Å². The SMILES string of the molecule is Cc1ccc(C)c(NC(=O)CC(C)C2CCCNC2)c1.Cl. The van der Waals surface area contributed by atoms with Crippen LogP contribution in [0.1, 0.15) is 37.3 Å². The Morgan fingerprint density at radius 2 is 2.19 bits per heavy atom. The first kappa shape index (κ1) is 18.0. The summed E-state index contributed by atoms with van der Waals surface area (Å²) >= 11 is 0. The molecule has 118 valence electrons. The molecule has 1 saturated heterocycles. The number of aryl methyl sites for hydroxylation is 2. The topological polar surface area (TPSA) is 41.1 Å². The van der Waals surface area contributed by atoms with E-state index < -0.39 is 0 Å². The largest absolute Gasteiger partial charge is 0.326 e. The minimum Gasteiger partial charge on any atom is -0.326 e. The van der Waals surface area contributed by atoms with E-state index in [9.17, 15) is 4.79 Å². The Morgan fingerprint density at radius 3 is 2.86 bits per heavy atom. The molecule has 2 rings (SSSR count). The number of rotatable bonds is 4. The van der Waals surface area contributed by atoms with Crippen LogP contribution in [0.5, 0.6) is 0 Å². The smallest absolute Gasteiger partial charge is 0.224 e. The van der Waals surface area contributed by atoms with Crippen LogP contribution in [0, 0.1) is 25.7 Å². The van der Waals surface area contributed by atoms with Crippen molar-refractivity contribution in [3.05, 3.63) is 29.3 Å². The molecule has 0 radical (unpaired) electrons. The second-order valence-electron chi connectivity index (χ2n) is 6.15. The minimum absolute atomic E-state index is 0. The summed E-state index contributed by atoms with van der Waals surface area (Å²) < 4.78 is 0. The predicted octanol–water partition coefficient (Wildman–Crippen LogP) is 3.69. The number of nitrogens with one attached hydrogen (secondary N) is 2. The predicted molar refractivity (Wildman–Crippen MR) is 91.2 cm³/mol. The number of hydrogen-bond donors (Lipinski definition) is 2. The maximum atomic E-state index is 12.2. The molecule has 1 aromatic carbocycles. The quantitative estimate of drug-likeness (QED) is 0.890. The zero-order valence-electron chi connectivity index (χ0n) is 13.2. The number of carbonyl (C=O) groups excluding carboxylic acids is 1. The molecule has 1 amide bonds. The molecular weight excluding hydrogens is 284 g/mol. The fourth-order valence-corrected chi connectivity index (χ4v) is 2.90. The fourth-order valence-electron chi connectivity index (χ4n) is 2.90. The summed E-state index contributed by atoms with van der Waals surface area (Å²) in [6.07, 6.45) is 3.08. The Morgan fingerprint density at radius 1 is 1.43 bits per heavy atom. The standard InChI is InChI=1S/C17H26N2O.ClH/c1-12-6-7-13(2)16(9-12)19-17(20)10-14(3)15-5-4-8-18-11-15;/h6-7,9,14-15,18H,4-5,8,10-11H2,1-3H3,(H,19,20);1H. The van der Waals surface area contributed by atoms with Gasteiger partial charge in [-0.1, -0.05) is 19.1 Å². The number of amides is 1. The van der Waals surface area contributed by atoms with E-state index in [0.717, 1.165) is 24.3 Å². The molecule has 1 heterocycles. The number of hydrogen-bond acceptors (Lipinski definition) is 2. The van der Waals surface area contributed by atoms with Crippen LogP contribution in [0.4, 0.5) is 5.69 Å². The van der Waals surface area contributed by atoms with E-state index in [1.165, 1.54) is 18.4 Å². The van der Waals surface area contributed by atoms with Crippen molar-refractivity contribution in [2.24, 2.45) is 11.8 Å². The van der Waals surface area contributed by atoms with Crippen LogP contribution in [0.15, 0.2) is 18.2 Å². The van der Waals surface area contributed by atoms with Gasteiger partial charge in [0.15, 0.2) is 0 Å². The summed E-state index contributed by atoms with van der Waals surface area (Å²) in [5, 5.41) is 6.49. The highest BCUT2D eigenvalue weighted by Crippen LogP contribution is 2.23. The van der Waals surface area contributed by atoms with E-state index in [-0.39, 0.29) is 18.3 Å². The number of benzene rings is 1. The number of halogens is 1. The summed E-state index contributed by atoms with van der Waals surface area (Å²) in [7, 11) is 0. The maximum absolute atomic E-state index is 12.2. The highest BCUT2D eigenvalue weighted by atomic mass is 35.5. The van der Waals surface area contributed by atoms with Gasteiger partial charge in [0.05, 0.1) is 0 Å². The van der Waals surface area contributed by atoms with Crippen molar-refractivity contribution in [1.82, 2.24) is 5.32 Å². The van der Waals surface area contributed by atoms with Gasteiger partial charge in [-0.3, -0.25) is 4.79 Å². The molecular formula is C17H27ClN2O. The zero-order valence-corrected chi connectivity index (χ0v) is 14.1. The normalized spacial score (nSPS) is 19.5. The van der Waals surface area contributed by atoms with Crippen molar-refractivity contribution in [3.8, 4) is 0 Å². The Balaban J connectivity index is 0.00000220. The fraction of sp³-hybridized carbons (Fsp3) is 0.588. The Kier molecular flexibility index (Phi) is 7.20. The molecule has 4 heteroatoms. The van der Waals surface area contributed by atoms with Crippen LogP contribution < -0.4 is 10.6 Å². The van der Waals surface area contributed by atoms with Gasteiger partial charge in [-0.15, -0.1) is 12.4 Å². The van der Waals surface area contributed by atoms with Crippen LogP contribution in [-0.2, 0) is 4.79 Å². The van der Waals surface area contributed by atoms with E-state index in [0.29, 0.717) is 18.3 Å². The lowest BCUT2D eigenvalue weighted by molar-refractivity contribution is -0.117. The average Bonchev–Trinajstić information content (AvgIpc) is 2.43. The van der Waals surface area contributed by atoms with E-state index in [2.05, 4.69) is 29.7 Å². The monoisotopic (exact) mass is 310 g/mol. The van der Waals surface area contributed by atoms with E-state index in [1.807, 2.05) is 19.9 Å². The van der Waals surface area contributed by atoms with Gasteiger partial charge < -0.3 is 10.6 Å². The molecule has 0 aliphatic carbocycles. The summed E-state index contributed by atoms with van der Waals surface area (Å²) in [6, 6.07) is 6.17. The Hall–Kier alpha value is -1.06. The molecule has 0 bridgehead atoms. The summed E-state index contributed by atoms with van der Waals surface area (Å²) in [4.78, 5) is 12.2. The van der Waals surface area contributed by atoms with E-state index in [1.54, 1.807) is 0 Å². The van der Waals surface area contributed by atoms with Crippen LogP contribution >= 0.6 is 12.4 Å². The van der Waals surface area contributed by atoms with Crippen LogP contribution in [0.25, 0.3) is 0 Å². The molecule has 1 fully saturated rings. The van der Waals surface area contributed by atoms with Gasteiger partial charge in [-0.25, -0.2) is 0 Å². The molecule has 2 unspecified atom stereocenters. The highest BCUT2D eigenvalue weighted by molar-refractivity contribution is 5.91. The first-order valence-corrected chi connectivity index (χ1v) is 7.64. The molecule has 0 spiro atoms. The third kappa shape index (κ3) is 5.33. The highest BCUT2D eigenvalue weighted by Gasteiger charge is 2.22. The third-order valence-electron chi connectivity index (χ3n) is 4.31. The molecule has 3 nitrogen and oxygen atoms in total. The molecule has 1 aromatic rings. The molecule has 0 aromatic heterocycles. The lowest BCUT2D eigenvalue weighted by Gasteiger charge is -2.28. The molecule has 2 atom stereocenters. The zero-order chi connectivity index (χ0) is 14.5. The number of piperidine rings is 1. The first-order chi connectivity index (χ1) is 9.56. The van der Waals surface area contributed by atoms with Crippen LogP contribution in [-0.4, -0.2) is 19.0 Å². The molecule has 0 saturated carbocycles. The number of carbonyl (C=O) groups is 1. The summed E-state index contributed by atoms with van der Waals surface area (Å²) in [5.41, 5.74) is 3.25. The Labute approximate surface area is 134 Å². The molecule has 1 aliphatic rings. The van der Waals surface area contributed by atoms with Gasteiger partial charge in [-0.05, 0) is 68.8 Å². The summed E-state index contributed by atoms with van der Waals surface area (Å²) in [5.74, 6) is 1.21. The van der Waals surface area contributed by atoms with Gasteiger partial charge in [0, 0.05) is 12.1 Å². The summed E-state index contributed by atoms with van der Waals surface area (Å²) in [6.45, 7) is 8.45. The minimum atomic E-state index is 0. The third-order valence-corrected chi connectivity index (χ3v) is 4.31. The average molecular weight is 311 g/mol. The molecule has 1 aliphatic heterocycles. The second kappa shape index (κ2) is 8.40. The Bertz CT molecular complexity index is 470. The van der Waals surface area contributed by atoms with Crippen molar-refractivity contribution < 1.29 is 4.79 Å². The molecule has 2 N–H and O–H groups in total. The van der Waals surface area contributed by atoms with Gasteiger partial charge in [0.2, 0.25) is 5.91 Å². The van der Waals surface area contributed by atoms with Crippen molar-refractivity contribution in [3.63, 3.8) is 0 Å².